The van der Waals surface area contributed by atoms with Crippen molar-refractivity contribution in [1.82, 2.24) is 4.90 Å². The summed E-state index contributed by atoms with van der Waals surface area (Å²) >= 11 is 0. The Bertz CT molecular complexity index is 403. The van der Waals surface area contributed by atoms with Gasteiger partial charge < -0.3 is 14.7 Å². The molecule has 98 valence electrons. The van der Waals surface area contributed by atoms with E-state index in [1.165, 1.54) is 4.90 Å². The average Bonchev–Trinajstić information content (AvgIpc) is 2.29. The number of likely N-dealkylation sites (N-methyl/N-ethyl adjacent to an activating group) is 1. The summed E-state index contributed by atoms with van der Waals surface area (Å²) in [5.74, 6) is 0.337. The van der Waals surface area contributed by atoms with E-state index in [-0.39, 0.29) is 6.54 Å². The molecule has 0 spiro atoms. The highest BCUT2D eigenvalue weighted by Gasteiger charge is 2.15. The SMILES string of the molecule is C=C(C)OC(=O)N(C)CC(O)Cc1ccccc1. The minimum Gasteiger partial charge on any atom is -0.416 e. The molecule has 0 aliphatic carbocycles. The highest BCUT2D eigenvalue weighted by molar-refractivity contribution is 5.68. The number of hydrogen-bond donors (Lipinski definition) is 1. The maximum absolute atomic E-state index is 11.5. The first-order chi connectivity index (χ1) is 8.49. The third-order valence-electron chi connectivity index (χ3n) is 2.37. The molecule has 4 heteroatoms. The first-order valence-electron chi connectivity index (χ1n) is 5.79. The van der Waals surface area contributed by atoms with Gasteiger partial charge in [-0.15, -0.1) is 0 Å². The molecule has 1 unspecified atom stereocenters. The van der Waals surface area contributed by atoms with E-state index in [0.29, 0.717) is 12.2 Å². The number of rotatable bonds is 5. The number of carbonyl (C=O) groups is 1. The van der Waals surface area contributed by atoms with Gasteiger partial charge in [0.05, 0.1) is 11.9 Å². The Morgan fingerprint density at radius 3 is 2.61 bits per heavy atom. The summed E-state index contributed by atoms with van der Waals surface area (Å²) < 4.78 is 4.84. The normalized spacial score (nSPS) is 11.7. The first-order valence-corrected chi connectivity index (χ1v) is 5.79. The number of benzene rings is 1. The maximum atomic E-state index is 11.5. The lowest BCUT2D eigenvalue weighted by Crippen LogP contribution is -2.35. The molecule has 0 aromatic heterocycles. The molecule has 1 aromatic rings. The summed E-state index contributed by atoms with van der Waals surface area (Å²) in [6, 6.07) is 9.64. The van der Waals surface area contributed by atoms with Crippen LogP contribution in [0.3, 0.4) is 0 Å². The molecule has 1 atom stereocenters. The second-order valence-electron chi connectivity index (χ2n) is 4.29. The number of carbonyl (C=O) groups excluding carboxylic acids is 1. The van der Waals surface area contributed by atoms with Crippen molar-refractivity contribution in [1.29, 1.82) is 0 Å². The van der Waals surface area contributed by atoms with Gasteiger partial charge in [0.1, 0.15) is 0 Å². The van der Waals surface area contributed by atoms with Crippen molar-refractivity contribution in [3.8, 4) is 0 Å². The highest BCUT2D eigenvalue weighted by atomic mass is 16.6. The lowest BCUT2D eigenvalue weighted by Gasteiger charge is -2.20. The summed E-state index contributed by atoms with van der Waals surface area (Å²) in [5, 5.41) is 9.88. The van der Waals surface area contributed by atoms with Gasteiger partial charge in [0.15, 0.2) is 0 Å². The van der Waals surface area contributed by atoms with Gasteiger partial charge in [-0.25, -0.2) is 4.79 Å². The summed E-state index contributed by atoms with van der Waals surface area (Å²) in [7, 11) is 1.58. The lowest BCUT2D eigenvalue weighted by molar-refractivity contribution is 0.0995. The molecule has 0 heterocycles. The molecule has 1 rings (SSSR count). The minimum absolute atomic E-state index is 0.223. The smallest absolute Gasteiger partial charge is 0.414 e. The summed E-state index contributed by atoms with van der Waals surface area (Å²) in [5.41, 5.74) is 1.03. The number of hydrogen-bond acceptors (Lipinski definition) is 3. The van der Waals surface area contributed by atoms with Gasteiger partial charge in [0.25, 0.3) is 0 Å². The van der Waals surface area contributed by atoms with E-state index in [4.69, 9.17) is 4.74 Å². The largest absolute Gasteiger partial charge is 0.416 e. The zero-order valence-corrected chi connectivity index (χ0v) is 10.8. The molecule has 0 saturated heterocycles. The van der Waals surface area contributed by atoms with Crippen molar-refractivity contribution in [2.45, 2.75) is 19.4 Å². The van der Waals surface area contributed by atoms with E-state index >= 15 is 0 Å². The van der Waals surface area contributed by atoms with E-state index in [1.54, 1.807) is 14.0 Å². The molecule has 0 fully saturated rings. The molecule has 1 N–H and O–H groups in total. The molecule has 18 heavy (non-hydrogen) atoms. The van der Waals surface area contributed by atoms with E-state index in [1.807, 2.05) is 30.3 Å². The lowest BCUT2D eigenvalue weighted by atomic mass is 10.1. The Balaban J connectivity index is 2.42. The van der Waals surface area contributed by atoms with E-state index < -0.39 is 12.2 Å². The topological polar surface area (TPSA) is 49.8 Å². The number of amides is 1. The fourth-order valence-electron chi connectivity index (χ4n) is 1.57. The molecule has 1 aromatic carbocycles. The zero-order valence-electron chi connectivity index (χ0n) is 10.8. The van der Waals surface area contributed by atoms with Crippen LogP contribution in [0.2, 0.25) is 0 Å². The molecule has 0 radical (unpaired) electrons. The highest BCUT2D eigenvalue weighted by Crippen LogP contribution is 2.05. The molecule has 0 aliphatic heterocycles. The van der Waals surface area contributed by atoms with Crippen LogP contribution in [0, 0.1) is 0 Å². The van der Waals surface area contributed by atoms with Crippen LogP contribution in [0.4, 0.5) is 4.79 Å². The quantitative estimate of drug-likeness (QED) is 0.814. The van der Waals surface area contributed by atoms with Gasteiger partial charge in [-0.2, -0.15) is 0 Å². The van der Waals surface area contributed by atoms with Crippen molar-refractivity contribution in [2.24, 2.45) is 0 Å². The van der Waals surface area contributed by atoms with E-state index in [9.17, 15) is 9.90 Å². The van der Waals surface area contributed by atoms with Crippen LogP contribution in [0.5, 0.6) is 0 Å². The van der Waals surface area contributed by atoms with Crippen LogP contribution in [-0.4, -0.2) is 35.8 Å². The fourth-order valence-corrected chi connectivity index (χ4v) is 1.57. The molecule has 0 bridgehead atoms. The number of ether oxygens (including phenoxy) is 1. The molecule has 0 saturated carbocycles. The van der Waals surface area contributed by atoms with Crippen molar-refractivity contribution in [3.05, 3.63) is 48.2 Å². The Morgan fingerprint density at radius 1 is 1.44 bits per heavy atom. The van der Waals surface area contributed by atoms with Gasteiger partial charge in [-0.05, 0) is 12.5 Å². The summed E-state index contributed by atoms with van der Waals surface area (Å²) in [4.78, 5) is 12.8. The average molecular weight is 249 g/mol. The second kappa shape index (κ2) is 6.81. The predicted octanol–water partition coefficient (Wildman–Crippen LogP) is 2.19. The zero-order chi connectivity index (χ0) is 13.5. The molecular weight excluding hydrogens is 230 g/mol. The second-order valence-corrected chi connectivity index (χ2v) is 4.29. The molecular formula is C14H19NO3. The Morgan fingerprint density at radius 2 is 2.06 bits per heavy atom. The standard InChI is InChI=1S/C14H19NO3/c1-11(2)18-14(17)15(3)10-13(16)9-12-7-5-4-6-8-12/h4-8,13,16H,1,9-10H2,2-3H3. The molecule has 0 aliphatic rings. The molecule has 4 nitrogen and oxygen atoms in total. The van der Waals surface area contributed by atoms with Gasteiger partial charge in [0.2, 0.25) is 0 Å². The van der Waals surface area contributed by atoms with Crippen molar-refractivity contribution >= 4 is 6.09 Å². The van der Waals surface area contributed by atoms with Crippen molar-refractivity contribution < 1.29 is 14.6 Å². The third-order valence-corrected chi connectivity index (χ3v) is 2.37. The van der Waals surface area contributed by atoms with Gasteiger partial charge in [0, 0.05) is 20.0 Å². The fraction of sp³-hybridized carbons (Fsp3) is 0.357. The maximum Gasteiger partial charge on any atom is 0.414 e. The van der Waals surface area contributed by atoms with Crippen LogP contribution in [-0.2, 0) is 11.2 Å². The van der Waals surface area contributed by atoms with E-state index in [2.05, 4.69) is 6.58 Å². The first kappa shape index (κ1) is 14.3. The Hall–Kier alpha value is -1.81. The summed E-state index contributed by atoms with van der Waals surface area (Å²) in [6.07, 6.45) is -0.615. The van der Waals surface area contributed by atoms with Crippen LogP contribution in [0.25, 0.3) is 0 Å². The summed E-state index contributed by atoms with van der Waals surface area (Å²) in [6.45, 7) is 5.32. The number of allylic oxidation sites excluding steroid dienone is 1. The van der Waals surface area contributed by atoms with Crippen molar-refractivity contribution in [3.63, 3.8) is 0 Å². The van der Waals surface area contributed by atoms with Gasteiger partial charge >= 0.3 is 6.09 Å². The molecule has 1 amide bonds. The van der Waals surface area contributed by atoms with Crippen molar-refractivity contribution in [2.75, 3.05) is 13.6 Å². The van der Waals surface area contributed by atoms with Gasteiger partial charge in [-0.1, -0.05) is 36.9 Å². The Labute approximate surface area is 107 Å². The number of nitrogens with zero attached hydrogens (tertiary/aromatic N) is 1. The van der Waals surface area contributed by atoms with Crippen LogP contribution >= 0.6 is 0 Å². The minimum atomic E-state index is -0.616. The van der Waals surface area contributed by atoms with E-state index in [0.717, 1.165) is 5.56 Å². The Kier molecular flexibility index (Phi) is 5.39. The predicted molar refractivity (Wildman–Crippen MR) is 70.1 cm³/mol. The van der Waals surface area contributed by atoms with Crippen LogP contribution in [0.15, 0.2) is 42.7 Å². The van der Waals surface area contributed by atoms with Crippen LogP contribution in [0.1, 0.15) is 12.5 Å². The van der Waals surface area contributed by atoms with Gasteiger partial charge in [-0.3, -0.25) is 0 Å². The number of aliphatic hydroxyl groups is 1. The third kappa shape index (κ3) is 5.01. The number of aliphatic hydroxyl groups excluding tert-OH is 1. The van der Waals surface area contributed by atoms with Crippen LogP contribution < -0.4 is 0 Å². The monoisotopic (exact) mass is 249 g/mol.